The van der Waals surface area contributed by atoms with Crippen LogP contribution in [-0.2, 0) is 15.8 Å². The van der Waals surface area contributed by atoms with Crippen LogP contribution in [0.25, 0.3) is 0 Å². The minimum Gasteiger partial charge on any atom is -0.318 e. The van der Waals surface area contributed by atoms with Crippen molar-refractivity contribution in [3.8, 4) is 0 Å². The number of rotatable bonds is 2. The van der Waals surface area contributed by atoms with E-state index >= 15 is 0 Å². The Hall–Kier alpha value is -2.25. The van der Waals surface area contributed by atoms with E-state index in [0.29, 0.717) is 11.1 Å². The molecule has 24 heavy (non-hydrogen) atoms. The summed E-state index contributed by atoms with van der Waals surface area (Å²) in [7, 11) is 0. The van der Waals surface area contributed by atoms with E-state index in [1.807, 2.05) is 5.32 Å². The number of alkyl halides is 3. The molecule has 0 unspecified atom stereocenters. The summed E-state index contributed by atoms with van der Waals surface area (Å²) >= 11 is 11.3. The number of carbonyl (C=O) groups excluding carboxylic acids is 2. The van der Waals surface area contributed by atoms with Gasteiger partial charge in [0.1, 0.15) is 0 Å². The predicted molar refractivity (Wildman–Crippen MR) is 85.2 cm³/mol. The number of halogens is 5. The normalized spacial score (nSPS) is 11.0. The quantitative estimate of drug-likeness (QED) is 0.753. The fourth-order valence-corrected chi connectivity index (χ4v) is 2.16. The van der Waals surface area contributed by atoms with Crippen LogP contribution in [0.1, 0.15) is 5.56 Å². The average Bonchev–Trinajstić information content (AvgIpc) is 2.48. The summed E-state index contributed by atoms with van der Waals surface area (Å²) in [6, 6.07) is 8.75. The highest BCUT2D eigenvalue weighted by Gasteiger charge is 2.34. The molecule has 2 N–H and O–H groups in total. The number of hydrogen-bond donors (Lipinski definition) is 2. The Balaban J connectivity index is 2.16. The van der Waals surface area contributed by atoms with Gasteiger partial charge in [-0.25, -0.2) is 0 Å². The Morgan fingerprint density at radius 2 is 1.50 bits per heavy atom. The van der Waals surface area contributed by atoms with Crippen molar-refractivity contribution >= 4 is 46.4 Å². The first-order valence-corrected chi connectivity index (χ1v) is 7.17. The molecule has 0 aromatic heterocycles. The molecule has 0 spiro atoms. The lowest BCUT2D eigenvalue weighted by Gasteiger charge is -2.14. The summed E-state index contributed by atoms with van der Waals surface area (Å²) in [5, 5.41) is 4.32. The number of anilines is 2. The lowest BCUT2D eigenvalue weighted by molar-refractivity contribution is -0.137. The van der Waals surface area contributed by atoms with Crippen LogP contribution in [0.2, 0.25) is 10.0 Å². The van der Waals surface area contributed by atoms with Crippen LogP contribution in [-0.4, -0.2) is 11.8 Å². The van der Waals surface area contributed by atoms with Gasteiger partial charge in [-0.05, 0) is 36.4 Å². The Morgan fingerprint density at radius 1 is 0.875 bits per heavy atom. The van der Waals surface area contributed by atoms with E-state index in [1.54, 1.807) is 6.07 Å². The third-order valence-corrected chi connectivity index (χ3v) is 3.29. The number of hydrogen-bond acceptors (Lipinski definition) is 2. The molecular weight excluding hydrogens is 368 g/mol. The van der Waals surface area contributed by atoms with Gasteiger partial charge < -0.3 is 10.6 Å². The molecule has 0 saturated heterocycles. The Morgan fingerprint density at radius 3 is 2.12 bits per heavy atom. The van der Waals surface area contributed by atoms with Gasteiger partial charge in [-0.1, -0.05) is 29.3 Å². The second-order valence-corrected chi connectivity index (χ2v) is 5.48. The SMILES string of the molecule is O=C(Nc1cccc(Cl)c1)C(=O)Nc1ccc(Cl)cc1C(F)(F)F. The van der Waals surface area contributed by atoms with Crippen LogP contribution in [0, 0.1) is 0 Å². The molecule has 0 aliphatic rings. The smallest absolute Gasteiger partial charge is 0.318 e. The maximum atomic E-state index is 12.9. The molecule has 0 saturated carbocycles. The zero-order valence-corrected chi connectivity index (χ0v) is 13.3. The summed E-state index contributed by atoms with van der Waals surface area (Å²) in [4.78, 5) is 23.6. The van der Waals surface area contributed by atoms with E-state index in [-0.39, 0.29) is 10.7 Å². The summed E-state index contributed by atoms with van der Waals surface area (Å²) in [6.45, 7) is 0. The molecular formula is C15H9Cl2F3N2O2. The molecule has 0 radical (unpaired) electrons. The molecule has 4 nitrogen and oxygen atoms in total. The minimum atomic E-state index is -4.74. The van der Waals surface area contributed by atoms with Crippen molar-refractivity contribution < 1.29 is 22.8 Å². The Labute approximate surface area is 144 Å². The molecule has 2 amide bonds. The van der Waals surface area contributed by atoms with Crippen molar-refractivity contribution in [2.24, 2.45) is 0 Å². The second-order valence-electron chi connectivity index (χ2n) is 4.61. The number of benzene rings is 2. The van der Waals surface area contributed by atoms with E-state index in [1.165, 1.54) is 24.3 Å². The largest absolute Gasteiger partial charge is 0.418 e. The zero-order chi connectivity index (χ0) is 17.9. The molecule has 2 aromatic rings. The molecule has 0 atom stereocenters. The van der Waals surface area contributed by atoms with Gasteiger partial charge >= 0.3 is 18.0 Å². The molecule has 0 aliphatic heterocycles. The van der Waals surface area contributed by atoms with Crippen LogP contribution in [0.15, 0.2) is 42.5 Å². The predicted octanol–water partition coefficient (Wildman–Crippen LogP) is 4.59. The number of amides is 2. The first kappa shape index (κ1) is 18.1. The standard InChI is InChI=1S/C15H9Cl2F3N2O2/c16-8-2-1-3-10(6-8)21-13(23)14(24)22-12-5-4-9(17)7-11(12)15(18,19)20/h1-7H,(H,21,23)(H,22,24). The lowest BCUT2D eigenvalue weighted by Crippen LogP contribution is -2.30. The molecule has 126 valence electrons. The van der Waals surface area contributed by atoms with E-state index in [9.17, 15) is 22.8 Å². The van der Waals surface area contributed by atoms with Gasteiger partial charge in [0.05, 0.1) is 11.3 Å². The van der Waals surface area contributed by atoms with Gasteiger partial charge in [-0.3, -0.25) is 9.59 Å². The highest BCUT2D eigenvalue weighted by Crippen LogP contribution is 2.36. The van der Waals surface area contributed by atoms with Crippen molar-refractivity contribution in [2.45, 2.75) is 6.18 Å². The lowest BCUT2D eigenvalue weighted by atomic mass is 10.1. The van der Waals surface area contributed by atoms with Crippen molar-refractivity contribution in [1.29, 1.82) is 0 Å². The van der Waals surface area contributed by atoms with E-state index in [2.05, 4.69) is 5.32 Å². The van der Waals surface area contributed by atoms with Crippen LogP contribution < -0.4 is 10.6 Å². The van der Waals surface area contributed by atoms with Crippen LogP contribution in [0.5, 0.6) is 0 Å². The van der Waals surface area contributed by atoms with Gasteiger partial charge in [0.15, 0.2) is 0 Å². The van der Waals surface area contributed by atoms with Gasteiger partial charge in [0, 0.05) is 15.7 Å². The van der Waals surface area contributed by atoms with Crippen molar-refractivity contribution in [3.05, 3.63) is 58.1 Å². The molecule has 2 rings (SSSR count). The highest BCUT2D eigenvalue weighted by atomic mass is 35.5. The molecule has 2 aromatic carbocycles. The summed E-state index contributed by atoms with van der Waals surface area (Å²) < 4.78 is 38.8. The van der Waals surface area contributed by atoms with Crippen molar-refractivity contribution in [2.75, 3.05) is 10.6 Å². The van der Waals surface area contributed by atoms with Gasteiger partial charge in [0.25, 0.3) is 0 Å². The second kappa shape index (κ2) is 7.11. The first-order valence-electron chi connectivity index (χ1n) is 6.41. The fraction of sp³-hybridized carbons (Fsp3) is 0.0667. The molecule has 9 heteroatoms. The first-order chi connectivity index (χ1) is 11.2. The molecule has 0 bridgehead atoms. The molecule has 0 fully saturated rings. The Kier molecular flexibility index (Phi) is 5.36. The molecule has 0 aliphatic carbocycles. The number of nitrogens with one attached hydrogen (secondary N) is 2. The molecule has 0 heterocycles. The van der Waals surface area contributed by atoms with E-state index in [4.69, 9.17) is 23.2 Å². The van der Waals surface area contributed by atoms with E-state index < -0.39 is 29.2 Å². The average molecular weight is 377 g/mol. The summed E-state index contributed by atoms with van der Waals surface area (Å²) in [5.74, 6) is -2.40. The highest BCUT2D eigenvalue weighted by molar-refractivity contribution is 6.44. The van der Waals surface area contributed by atoms with Crippen molar-refractivity contribution in [1.82, 2.24) is 0 Å². The van der Waals surface area contributed by atoms with Gasteiger partial charge in [-0.15, -0.1) is 0 Å². The fourth-order valence-electron chi connectivity index (χ4n) is 1.79. The van der Waals surface area contributed by atoms with Crippen LogP contribution >= 0.6 is 23.2 Å². The summed E-state index contributed by atoms with van der Waals surface area (Å²) in [5.41, 5.74) is -1.49. The minimum absolute atomic E-state index is 0.149. The maximum Gasteiger partial charge on any atom is 0.418 e. The Bertz CT molecular complexity index is 795. The van der Waals surface area contributed by atoms with Gasteiger partial charge in [0.2, 0.25) is 0 Å². The maximum absolute atomic E-state index is 12.9. The monoisotopic (exact) mass is 376 g/mol. The third kappa shape index (κ3) is 4.62. The van der Waals surface area contributed by atoms with Gasteiger partial charge in [-0.2, -0.15) is 13.2 Å². The zero-order valence-electron chi connectivity index (χ0n) is 11.7. The number of carbonyl (C=O) groups is 2. The third-order valence-electron chi connectivity index (χ3n) is 2.82. The van der Waals surface area contributed by atoms with Crippen LogP contribution in [0.4, 0.5) is 24.5 Å². The summed E-state index contributed by atoms with van der Waals surface area (Å²) in [6.07, 6.45) is -4.74. The topological polar surface area (TPSA) is 58.2 Å². The van der Waals surface area contributed by atoms with E-state index in [0.717, 1.165) is 6.07 Å². The van der Waals surface area contributed by atoms with Crippen LogP contribution in [0.3, 0.4) is 0 Å². The van der Waals surface area contributed by atoms with Crippen molar-refractivity contribution in [3.63, 3.8) is 0 Å².